The molecule has 1 heterocycles. The van der Waals surface area contributed by atoms with E-state index in [4.69, 9.17) is 4.74 Å². The molecule has 0 aliphatic carbocycles. The van der Waals surface area contributed by atoms with E-state index in [1.165, 1.54) is 0 Å². The van der Waals surface area contributed by atoms with Crippen molar-refractivity contribution >= 4 is 6.03 Å². The first kappa shape index (κ1) is 20.2. The van der Waals surface area contributed by atoms with Crippen molar-refractivity contribution in [2.75, 3.05) is 19.8 Å². The van der Waals surface area contributed by atoms with Gasteiger partial charge in [0.2, 0.25) is 0 Å². The monoisotopic (exact) mass is 392 g/mol. The molecular weight excluding hydrogens is 369 g/mol. The summed E-state index contributed by atoms with van der Waals surface area (Å²) in [4.78, 5) is 13.9. The number of amides is 2. The van der Waals surface area contributed by atoms with Crippen LogP contribution in [0.1, 0.15) is 30.0 Å². The Balaban J connectivity index is 1.85. The van der Waals surface area contributed by atoms with Gasteiger partial charge < -0.3 is 15.0 Å². The fourth-order valence-corrected chi connectivity index (χ4v) is 3.41. The highest BCUT2D eigenvalue weighted by Crippen LogP contribution is 2.25. The van der Waals surface area contributed by atoms with E-state index in [1.54, 1.807) is 0 Å². The number of benzene rings is 2. The Morgan fingerprint density at radius 1 is 1.00 bits per heavy atom. The minimum absolute atomic E-state index is 0.354. The number of urea groups is 1. The summed E-state index contributed by atoms with van der Waals surface area (Å²) in [6.45, 7) is -0.569. The van der Waals surface area contributed by atoms with Crippen molar-refractivity contribution in [3.05, 3.63) is 71.8 Å². The normalized spacial score (nSPS) is 15.4. The van der Waals surface area contributed by atoms with Gasteiger partial charge in [0.25, 0.3) is 0 Å². The summed E-state index contributed by atoms with van der Waals surface area (Å²) in [5, 5.41) is 2.82. The van der Waals surface area contributed by atoms with E-state index >= 15 is 0 Å². The lowest BCUT2D eigenvalue weighted by molar-refractivity contribution is -0.146. The van der Waals surface area contributed by atoms with E-state index in [9.17, 15) is 18.0 Å². The van der Waals surface area contributed by atoms with Gasteiger partial charge in [-0.3, -0.25) is 0 Å². The highest BCUT2D eigenvalue weighted by atomic mass is 19.4. The standard InChI is InChI=1S/C21H23F3N2O2/c22-21(23,24)15-26(18-11-13-28-14-12-18)20(27)25-19(16-7-3-1-4-8-16)17-9-5-2-6-10-17/h1-10,18-19H,11-15H2,(H,25,27). The molecule has 1 fully saturated rings. The van der Waals surface area contributed by atoms with Crippen LogP contribution in [-0.2, 0) is 4.74 Å². The lowest BCUT2D eigenvalue weighted by atomic mass is 9.99. The van der Waals surface area contributed by atoms with Crippen LogP contribution in [-0.4, -0.2) is 42.9 Å². The molecule has 7 heteroatoms. The van der Waals surface area contributed by atoms with E-state index in [2.05, 4.69) is 5.32 Å². The first-order chi connectivity index (χ1) is 13.4. The molecule has 0 aromatic heterocycles. The Bertz CT molecular complexity index is 708. The maximum absolute atomic E-state index is 13.2. The van der Waals surface area contributed by atoms with Gasteiger partial charge in [-0.1, -0.05) is 60.7 Å². The predicted molar refractivity (Wildman–Crippen MR) is 99.9 cm³/mol. The molecular formula is C21H23F3N2O2. The summed E-state index contributed by atoms with van der Waals surface area (Å²) < 4.78 is 44.7. The number of ether oxygens (including phenoxy) is 1. The van der Waals surface area contributed by atoms with Crippen molar-refractivity contribution in [3.63, 3.8) is 0 Å². The molecule has 28 heavy (non-hydrogen) atoms. The summed E-state index contributed by atoms with van der Waals surface area (Å²) in [6, 6.07) is 16.7. The van der Waals surface area contributed by atoms with Gasteiger partial charge in [0, 0.05) is 19.3 Å². The number of hydrogen-bond donors (Lipinski definition) is 1. The summed E-state index contributed by atoms with van der Waals surface area (Å²) >= 11 is 0. The molecule has 1 N–H and O–H groups in total. The zero-order valence-electron chi connectivity index (χ0n) is 15.4. The molecule has 2 amide bonds. The molecule has 0 radical (unpaired) electrons. The quantitative estimate of drug-likeness (QED) is 0.812. The van der Waals surface area contributed by atoms with Gasteiger partial charge in [0.05, 0.1) is 6.04 Å². The minimum atomic E-state index is -4.47. The second-order valence-corrected chi connectivity index (χ2v) is 6.79. The number of hydrogen-bond acceptors (Lipinski definition) is 2. The van der Waals surface area contributed by atoms with Crippen LogP contribution in [0.5, 0.6) is 0 Å². The van der Waals surface area contributed by atoms with Gasteiger partial charge in [-0.05, 0) is 24.0 Å². The smallest absolute Gasteiger partial charge is 0.381 e. The van der Waals surface area contributed by atoms with Crippen LogP contribution in [0.4, 0.5) is 18.0 Å². The molecule has 0 bridgehead atoms. The Kier molecular flexibility index (Phi) is 6.57. The van der Waals surface area contributed by atoms with E-state index < -0.39 is 30.8 Å². The first-order valence-electron chi connectivity index (χ1n) is 9.25. The van der Waals surface area contributed by atoms with Crippen molar-refractivity contribution in [1.29, 1.82) is 0 Å². The van der Waals surface area contributed by atoms with Crippen LogP contribution in [0.3, 0.4) is 0 Å². The van der Waals surface area contributed by atoms with Crippen molar-refractivity contribution in [2.45, 2.75) is 31.1 Å². The van der Waals surface area contributed by atoms with Crippen LogP contribution >= 0.6 is 0 Å². The molecule has 0 unspecified atom stereocenters. The number of halogens is 3. The number of alkyl halides is 3. The molecule has 2 aromatic rings. The molecule has 0 spiro atoms. The first-order valence-corrected chi connectivity index (χ1v) is 9.25. The molecule has 150 valence electrons. The second-order valence-electron chi connectivity index (χ2n) is 6.79. The Morgan fingerprint density at radius 2 is 1.50 bits per heavy atom. The molecule has 1 aliphatic heterocycles. The number of rotatable bonds is 5. The SMILES string of the molecule is O=C(NC(c1ccccc1)c1ccccc1)N(CC(F)(F)F)C1CCOCC1. The molecule has 1 aliphatic rings. The maximum atomic E-state index is 13.2. The third kappa shape index (κ3) is 5.48. The van der Waals surface area contributed by atoms with Crippen LogP contribution in [0.2, 0.25) is 0 Å². The van der Waals surface area contributed by atoms with Gasteiger partial charge >= 0.3 is 12.2 Å². The van der Waals surface area contributed by atoms with Crippen LogP contribution < -0.4 is 5.32 Å². The van der Waals surface area contributed by atoms with Crippen LogP contribution in [0.25, 0.3) is 0 Å². The largest absolute Gasteiger partial charge is 0.406 e. The number of nitrogens with zero attached hydrogens (tertiary/aromatic N) is 1. The zero-order chi connectivity index (χ0) is 20.0. The summed E-state index contributed by atoms with van der Waals surface area (Å²) in [5.74, 6) is 0. The molecule has 2 aromatic carbocycles. The topological polar surface area (TPSA) is 41.6 Å². The van der Waals surface area contributed by atoms with Crippen molar-refractivity contribution < 1.29 is 22.7 Å². The van der Waals surface area contributed by atoms with Gasteiger partial charge in [-0.15, -0.1) is 0 Å². The van der Waals surface area contributed by atoms with Gasteiger partial charge in [0.15, 0.2) is 0 Å². The summed E-state index contributed by atoms with van der Waals surface area (Å²) in [7, 11) is 0. The van der Waals surface area contributed by atoms with Gasteiger partial charge in [-0.2, -0.15) is 13.2 Å². The Hall–Kier alpha value is -2.54. The Morgan fingerprint density at radius 3 is 1.96 bits per heavy atom. The molecule has 0 saturated carbocycles. The molecule has 3 rings (SSSR count). The van der Waals surface area contributed by atoms with Crippen LogP contribution in [0, 0.1) is 0 Å². The maximum Gasteiger partial charge on any atom is 0.406 e. The third-order valence-corrected chi connectivity index (χ3v) is 4.78. The number of carbonyl (C=O) groups excluding carboxylic acids is 1. The summed E-state index contributed by atoms with van der Waals surface area (Å²) in [6.07, 6.45) is -3.68. The average molecular weight is 392 g/mol. The average Bonchev–Trinajstić information content (AvgIpc) is 2.71. The van der Waals surface area contributed by atoms with E-state index in [1.807, 2.05) is 60.7 Å². The summed E-state index contributed by atoms with van der Waals surface area (Å²) in [5.41, 5.74) is 1.61. The lowest BCUT2D eigenvalue weighted by Crippen LogP contribution is -2.52. The van der Waals surface area contributed by atoms with E-state index in [0.717, 1.165) is 16.0 Å². The minimum Gasteiger partial charge on any atom is -0.381 e. The lowest BCUT2D eigenvalue weighted by Gasteiger charge is -2.36. The van der Waals surface area contributed by atoms with Crippen molar-refractivity contribution in [2.24, 2.45) is 0 Å². The zero-order valence-corrected chi connectivity index (χ0v) is 15.4. The Labute approximate surface area is 162 Å². The highest BCUT2D eigenvalue weighted by molar-refractivity contribution is 5.76. The van der Waals surface area contributed by atoms with E-state index in [0.29, 0.717) is 26.1 Å². The predicted octanol–water partition coefficient (Wildman–Crippen LogP) is 4.53. The van der Waals surface area contributed by atoms with Gasteiger partial charge in [-0.25, -0.2) is 4.79 Å². The van der Waals surface area contributed by atoms with Gasteiger partial charge in [0.1, 0.15) is 6.54 Å². The molecule has 0 atom stereocenters. The van der Waals surface area contributed by atoms with Crippen molar-refractivity contribution in [3.8, 4) is 0 Å². The van der Waals surface area contributed by atoms with Crippen LogP contribution in [0.15, 0.2) is 60.7 Å². The number of nitrogens with one attached hydrogen (secondary N) is 1. The fourth-order valence-electron chi connectivity index (χ4n) is 3.41. The fraction of sp³-hybridized carbons (Fsp3) is 0.381. The molecule has 1 saturated heterocycles. The highest BCUT2D eigenvalue weighted by Gasteiger charge is 2.37. The second kappa shape index (κ2) is 9.10. The molecule has 4 nitrogen and oxygen atoms in total. The van der Waals surface area contributed by atoms with E-state index in [-0.39, 0.29) is 0 Å². The van der Waals surface area contributed by atoms with Crippen molar-refractivity contribution in [1.82, 2.24) is 10.2 Å². The number of carbonyl (C=O) groups is 1. The third-order valence-electron chi connectivity index (χ3n) is 4.78.